The van der Waals surface area contributed by atoms with Crippen molar-refractivity contribution >= 4 is 11.9 Å². The number of rotatable bonds is 7. The Morgan fingerprint density at radius 1 is 1.23 bits per heavy atom. The van der Waals surface area contributed by atoms with E-state index in [0.717, 1.165) is 25.9 Å². The molecule has 26 heavy (non-hydrogen) atoms. The van der Waals surface area contributed by atoms with Crippen LogP contribution in [-0.4, -0.2) is 35.7 Å². The summed E-state index contributed by atoms with van der Waals surface area (Å²) < 4.78 is 5.94. The van der Waals surface area contributed by atoms with Crippen LogP contribution in [0.15, 0.2) is 24.3 Å². The monoisotopic (exact) mass is 359 g/mol. The summed E-state index contributed by atoms with van der Waals surface area (Å²) in [6.45, 7) is 2.75. The number of hydrogen-bond donors (Lipinski definition) is 2. The van der Waals surface area contributed by atoms with E-state index in [9.17, 15) is 14.7 Å². The van der Waals surface area contributed by atoms with Crippen molar-refractivity contribution in [2.45, 2.75) is 70.4 Å². The molecule has 5 heteroatoms. The number of carboxylic acid groups (broad SMARTS) is 1. The number of aryl methyl sites for hydroxylation is 1. The maximum absolute atomic E-state index is 12.5. The lowest BCUT2D eigenvalue weighted by Gasteiger charge is -2.57. The summed E-state index contributed by atoms with van der Waals surface area (Å²) in [4.78, 5) is 23.8. The van der Waals surface area contributed by atoms with E-state index >= 15 is 0 Å². The van der Waals surface area contributed by atoms with Crippen LogP contribution in [0.2, 0.25) is 0 Å². The van der Waals surface area contributed by atoms with Gasteiger partial charge in [-0.2, -0.15) is 0 Å². The number of carbonyl (C=O) groups is 2. The van der Waals surface area contributed by atoms with Crippen molar-refractivity contribution in [3.63, 3.8) is 0 Å². The quantitative estimate of drug-likeness (QED) is 0.780. The predicted molar refractivity (Wildman–Crippen MR) is 99.2 cm³/mol. The van der Waals surface area contributed by atoms with Crippen molar-refractivity contribution in [2.24, 2.45) is 5.41 Å². The molecule has 142 valence electrons. The second-order valence-corrected chi connectivity index (χ2v) is 7.56. The standard InChI is InChI=1S/C21H29NO4/c1-2-26-18-14-17(21(18)12-6-3-7-13-21)22-19(23)11-10-15-8-4-5-9-16(15)20(24)25/h4-5,8-9,17-18H,2-3,6-7,10-14H2,1H3,(H,22,23)(H,24,25). The fraction of sp³-hybridized carbons (Fsp3) is 0.619. The average molecular weight is 359 g/mol. The minimum absolute atomic E-state index is 0.00934. The Hall–Kier alpha value is -1.88. The van der Waals surface area contributed by atoms with Gasteiger partial charge in [0.25, 0.3) is 0 Å². The third kappa shape index (κ3) is 3.78. The largest absolute Gasteiger partial charge is 0.478 e. The van der Waals surface area contributed by atoms with Gasteiger partial charge in [0.2, 0.25) is 5.91 Å². The van der Waals surface area contributed by atoms with Crippen LogP contribution >= 0.6 is 0 Å². The molecule has 1 aromatic carbocycles. The van der Waals surface area contributed by atoms with Gasteiger partial charge in [-0.3, -0.25) is 4.79 Å². The van der Waals surface area contributed by atoms with E-state index in [0.29, 0.717) is 18.4 Å². The molecule has 2 aliphatic carbocycles. The Morgan fingerprint density at radius 2 is 1.96 bits per heavy atom. The van der Waals surface area contributed by atoms with Crippen LogP contribution in [0.25, 0.3) is 0 Å². The second kappa shape index (κ2) is 8.21. The van der Waals surface area contributed by atoms with Gasteiger partial charge in [-0.25, -0.2) is 4.79 Å². The highest BCUT2D eigenvalue weighted by molar-refractivity contribution is 5.89. The van der Waals surface area contributed by atoms with Crippen molar-refractivity contribution < 1.29 is 19.4 Å². The number of hydrogen-bond acceptors (Lipinski definition) is 3. The summed E-state index contributed by atoms with van der Waals surface area (Å²) in [5, 5.41) is 12.5. The van der Waals surface area contributed by atoms with Crippen LogP contribution in [0.5, 0.6) is 0 Å². The molecule has 1 aromatic rings. The Kier molecular flexibility index (Phi) is 5.97. The molecule has 2 unspecified atom stereocenters. The van der Waals surface area contributed by atoms with Crippen LogP contribution in [-0.2, 0) is 16.0 Å². The lowest BCUT2D eigenvalue weighted by atomic mass is 9.55. The smallest absolute Gasteiger partial charge is 0.335 e. The Balaban J connectivity index is 1.57. The lowest BCUT2D eigenvalue weighted by molar-refractivity contribution is -0.157. The minimum Gasteiger partial charge on any atom is -0.478 e. The normalized spacial score (nSPS) is 24.0. The van der Waals surface area contributed by atoms with E-state index in [-0.39, 0.29) is 29.0 Å². The van der Waals surface area contributed by atoms with Crippen LogP contribution in [0.4, 0.5) is 0 Å². The molecule has 0 heterocycles. The van der Waals surface area contributed by atoms with E-state index in [1.165, 1.54) is 19.3 Å². The Labute approximate surface area is 155 Å². The van der Waals surface area contributed by atoms with Gasteiger partial charge in [0, 0.05) is 24.5 Å². The van der Waals surface area contributed by atoms with E-state index in [1.807, 2.05) is 13.0 Å². The number of carbonyl (C=O) groups excluding carboxylic acids is 1. The molecule has 0 radical (unpaired) electrons. The summed E-state index contributed by atoms with van der Waals surface area (Å²) in [5.74, 6) is -0.934. The fourth-order valence-corrected chi connectivity index (χ4v) is 4.73. The van der Waals surface area contributed by atoms with Gasteiger partial charge in [-0.15, -0.1) is 0 Å². The third-order valence-corrected chi connectivity index (χ3v) is 6.14. The molecule has 2 aliphatic rings. The second-order valence-electron chi connectivity index (χ2n) is 7.56. The minimum atomic E-state index is -0.944. The van der Waals surface area contributed by atoms with E-state index in [4.69, 9.17) is 4.74 Å². The maximum Gasteiger partial charge on any atom is 0.335 e. The first-order valence-electron chi connectivity index (χ1n) is 9.79. The molecule has 2 fully saturated rings. The van der Waals surface area contributed by atoms with Gasteiger partial charge >= 0.3 is 5.97 Å². The molecule has 5 nitrogen and oxygen atoms in total. The topological polar surface area (TPSA) is 75.6 Å². The van der Waals surface area contributed by atoms with Gasteiger partial charge in [-0.05, 0) is 44.2 Å². The number of carboxylic acids is 1. The molecule has 1 spiro atoms. The van der Waals surface area contributed by atoms with Gasteiger partial charge in [0.15, 0.2) is 0 Å². The molecule has 1 amide bonds. The first-order valence-corrected chi connectivity index (χ1v) is 9.79. The number of aromatic carboxylic acids is 1. The molecule has 2 N–H and O–H groups in total. The van der Waals surface area contributed by atoms with Gasteiger partial charge in [0.05, 0.1) is 11.7 Å². The van der Waals surface area contributed by atoms with Crippen molar-refractivity contribution in [3.05, 3.63) is 35.4 Å². The highest BCUT2D eigenvalue weighted by Gasteiger charge is 2.55. The Bertz CT molecular complexity index is 651. The van der Waals surface area contributed by atoms with Crippen molar-refractivity contribution in [1.82, 2.24) is 5.32 Å². The van der Waals surface area contributed by atoms with Gasteiger partial charge in [0.1, 0.15) is 0 Å². The molecule has 0 aromatic heterocycles. The highest BCUT2D eigenvalue weighted by atomic mass is 16.5. The number of benzene rings is 1. The summed E-state index contributed by atoms with van der Waals surface area (Å²) in [5.41, 5.74) is 1.11. The number of nitrogens with one attached hydrogen (secondary N) is 1. The zero-order valence-electron chi connectivity index (χ0n) is 15.5. The molecule has 0 saturated heterocycles. The predicted octanol–water partition coefficient (Wildman–Crippen LogP) is 3.56. The summed E-state index contributed by atoms with van der Waals surface area (Å²) in [6.07, 6.45) is 7.88. The van der Waals surface area contributed by atoms with Crippen molar-refractivity contribution in [3.8, 4) is 0 Å². The third-order valence-electron chi connectivity index (χ3n) is 6.14. The molecule has 0 bridgehead atoms. The average Bonchev–Trinajstić information content (AvgIpc) is 2.66. The highest BCUT2D eigenvalue weighted by Crippen LogP contribution is 2.53. The zero-order valence-corrected chi connectivity index (χ0v) is 15.5. The molecule has 3 rings (SSSR count). The SMILES string of the molecule is CCOC1CC(NC(=O)CCc2ccccc2C(=O)O)C12CCCCC2. The maximum atomic E-state index is 12.5. The van der Waals surface area contributed by atoms with Crippen molar-refractivity contribution in [1.29, 1.82) is 0 Å². The first kappa shape index (κ1) is 18.9. The van der Waals surface area contributed by atoms with E-state index in [1.54, 1.807) is 18.2 Å². The molecule has 0 aliphatic heterocycles. The lowest BCUT2D eigenvalue weighted by Crippen LogP contribution is -2.65. The van der Waals surface area contributed by atoms with Gasteiger partial charge < -0.3 is 15.2 Å². The summed E-state index contributed by atoms with van der Waals surface area (Å²) in [6, 6.07) is 7.10. The molecular formula is C21H29NO4. The number of amides is 1. The molecule has 2 saturated carbocycles. The van der Waals surface area contributed by atoms with Crippen LogP contribution < -0.4 is 5.32 Å². The zero-order chi connectivity index (χ0) is 18.6. The molecule has 2 atom stereocenters. The van der Waals surface area contributed by atoms with Crippen LogP contribution in [0.3, 0.4) is 0 Å². The summed E-state index contributed by atoms with van der Waals surface area (Å²) >= 11 is 0. The first-order chi connectivity index (χ1) is 12.6. The number of ether oxygens (including phenoxy) is 1. The van der Waals surface area contributed by atoms with Crippen molar-refractivity contribution in [2.75, 3.05) is 6.61 Å². The fourth-order valence-electron chi connectivity index (χ4n) is 4.73. The van der Waals surface area contributed by atoms with Gasteiger partial charge in [-0.1, -0.05) is 37.5 Å². The molecular weight excluding hydrogens is 330 g/mol. The van der Waals surface area contributed by atoms with Crippen LogP contribution in [0, 0.1) is 5.41 Å². The van der Waals surface area contributed by atoms with E-state index in [2.05, 4.69) is 5.32 Å². The van der Waals surface area contributed by atoms with Crippen LogP contribution in [0.1, 0.15) is 67.8 Å². The summed E-state index contributed by atoms with van der Waals surface area (Å²) in [7, 11) is 0. The Morgan fingerprint density at radius 3 is 2.65 bits per heavy atom. The van der Waals surface area contributed by atoms with E-state index < -0.39 is 5.97 Å².